The van der Waals surface area contributed by atoms with E-state index in [1.165, 1.54) is 73.0 Å². The maximum Gasteiger partial charge on any atom is 0.554 e. The molecule has 29 heavy (non-hydrogen) atoms. The second kappa shape index (κ2) is 5.87. The maximum absolute atomic E-state index is 2.61. The monoisotopic (exact) mass is 390 g/mol. The first-order valence-electron chi connectivity index (χ1n) is 10.7. The van der Waals surface area contributed by atoms with Gasteiger partial charge < -0.3 is 0 Å². The van der Waals surface area contributed by atoms with Gasteiger partial charge in [0.2, 0.25) is 5.69 Å². The first-order chi connectivity index (χ1) is 13.4. The van der Waals surface area contributed by atoms with E-state index in [1.807, 2.05) is 0 Å². The fourth-order valence-electron chi connectivity index (χ4n) is 5.87. The fraction of sp³-hybridized carbons (Fsp3) is 0.500. The standard InChI is InChI=1S/C26H36N3/c1-13-14(2)17(5)23(18(6)15(13)3)28-22(10)25-20(8)16(4)19(7)24-21(9)27(12)26(28,11)29(24)25/h1-12H3/q+3. The molecule has 0 N–H and O–H groups in total. The van der Waals surface area contributed by atoms with Crippen LogP contribution < -0.4 is 4.57 Å². The topological polar surface area (TPSA) is 9.90 Å². The molecule has 0 radical (unpaired) electrons. The fourth-order valence-corrected chi connectivity index (χ4v) is 5.87. The van der Waals surface area contributed by atoms with Crippen LogP contribution in [0.4, 0.5) is 5.69 Å². The molecule has 2 aliphatic heterocycles. The number of nitrogens with zero attached hydrogens (tertiary/aromatic N) is 3. The van der Waals surface area contributed by atoms with Crippen LogP contribution in [0.25, 0.3) is 0 Å². The van der Waals surface area contributed by atoms with Gasteiger partial charge in [0.1, 0.15) is 14.0 Å². The van der Waals surface area contributed by atoms with Crippen LogP contribution in [0.1, 0.15) is 76.7 Å². The lowest BCUT2D eigenvalue weighted by Crippen LogP contribution is -2.61. The van der Waals surface area contributed by atoms with Crippen molar-refractivity contribution in [2.75, 3.05) is 7.05 Å². The van der Waals surface area contributed by atoms with Crippen LogP contribution in [-0.4, -0.2) is 27.6 Å². The molecule has 0 aliphatic carbocycles. The zero-order valence-corrected chi connectivity index (χ0v) is 20.3. The Morgan fingerprint density at radius 2 is 0.897 bits per heavy atom. The summed E-state index contributed by atoms with van der Waals surface area (Å²) in [6, 6.07) is 0. The first kappa shape index (κ1) is 20.0. The van der Waals surface area contributed by atoms with Crippen LogP contribution in [0, 0.1) is 55.4 Å². The Hall–Kier alpha value is -2.29. The van der Waals surface area contributed by atoms with Crippen molar-refractivity contribution >= 4 is 17.1 Å². The highest BCUT2D eigenvalue weighted by Gasteiger charge is 2.71. The summed E-state index contributed by atoms with van der Waals surface area (Å²) in [6.07, 6.45) is 0. The third-order valence-electron chi connectivity index (χ3n) is 8.47. The molecule has 3 heteroatoms. The van der Waals surface area contributed by atoms with Crippen molar-refractivity contribution in [3.05, 3.63) is 55.9 Å². The molecule has 2 aromatic rings. The predicted molar refractivity (Wildman–Crippen MR) is 120 cm³/mol. The molecular formula is C26H36N3+3. The summed E-state index contributed by atoms with van der Waals surface area (Å²) in [5.74, 6) is -0.272. The first-order valence-corrected chi connectivity index (χ1v) is 10.7. The van der Waals surface area contributed by atoms with Crippen molar-refractivity contribution < 1.29 is 13.7 Å². The van der Waals surface area contributed by atoms with E-state index < -0.39 is 0 Å². The van der Waals surface area contributed by atoms with Crippen molar-refractivity contribution in [1.29, 1.82) is 0 Å². The van der Waals surface area contributed by atoms with E-state index in [-0.39, 0.29) is 5.79 Å². The van der Waals surface area contributed by atoms with E-state index in [0.717, 1.165) is 0 Å². The summed E-state index contributed by atoms with van der Waals surface area (Å²) >= 11 is 0. The molecule has 0 bridgehead atoms. The molecule has 1 aromatic carbocycles. The van der Waals surface area contributed by atoms with Crippen LogP contribution in [0.3, 0.4) is 0 Å². The largest absolute Gasteiger partial charge is 0.554 e. The molecule has 0 saturated heterocycles. The predicted octanol–water partition coefficient (Wildman–Crippen LogP) is 4.70. The molecule has 152 valence electrons. The second-order valence-electron chi connectivity index (χ2n) is 9.42. The van der Waals surface area contributed by atoms with E-state index in [0.29, 0.717) is 0 Å². The highest BCUT2D eigenvalue weighted by molar-refractivity contribution is 5.99. The molecule has 0 saturated carbocycles. The van der Waals surface area contributed by atoms with Crippen LogP contribution in [0.2, 0.25) is 0 Å². The molecule has 0 fully saturated rings. The van der Waals surface area contributed by atoms with E-state index in [9.17, 15) is 0 Å². The molecule has 1 unspecified atom stereocenters. The lowest BCUT2D eigenvalue weighted by atomic mass is 9.92. The van der Waals surface area contributed by atoms with Crippen LogP contribution in [0.15, 0.2) is 0 Å². The third-order valence-corrected chi connectivity index (χ3v) is 8.47. The number of hydrogen-bond donors (Lipinski definition) is 0. The Morgan fingerprint density at radius 1 is 0.517 bits per heavy atom. The lowest BCUT2D eigenvalue weighted by molar-refractivity contribution is -1.03. The van der Waals surface area contributed by atoms with Gasteiger partial charge in [-0.25, -0.2) is 0 Å². The van der Waals surface area contributed by atoms with Crippen molar-refractivity contribution in [2.45, 2.75) is 81.9 Å². The van der Waals surface area contributed by atoms with Gasteiger partial charge in [-0.3, -0.25) is 0 Å². The van der Waals surface area contributed by atoms with Gasteiger partial charge in [-0.2, -0.15) is 0 Å². The van der Waals surface area contributed by atoms with E-state index in [4.69, 9.17) is 0 Å². The zero-order valence-electron chi connectivity index (χ0n) is 20.3. The molecule has 1 aromatic heterocycles. The number of rotatable bonds is 1. The quantitative estimate of drug-likeness (QED) is 0.625. The van der Waals surface area contributed by atoms with Crippen LogP contribution in [-0.2, 0) is 5.79 Å². The molecule has 0 spiro atoms. The number of benzene rings is 1. The molecule has 3 heterocycles. The van der Waals surface area contributed by atoms with Gasteiger partial charge in [0.15, 0.2) is 0 Å². The highest BCUT2D eigenvalue weighted by Crippen LogP contribution is 2.41. The summed E-state index contributed by atoms with van der Waals surface area (Å²) in [4.78, 5) is 0. The summed E-state index contributed by atoms with van der Waals surface area (Å²) < 4.78 is 7.68. The van der Waals surface area contributed by atoms with Crippen molar-refractivity contribution in [2.24, 2.45) is 0 Å². The number of aromatic nitrogens is 1. The highest BCUT2D eigenvalue weighted by atomic mass is 15.5. The number of hydrogen-bond acceptors (Lipinski definition) is 0. The molecule has 1 atom stereocenters. The average molecular weight is 391 g/mol. The second-order valence-corrected chi connectivity index (χ2v) is 9.42. The van der Waals surface area contributed by atoms with Crippen LogP contribution in [0.5, 0.6) is 0 Å². The normalized spacial score (nSPS) is 20.3. The molecule has 0 amide bonds. The zero-order chi connectivity index (χ0) is 21.7. The Bertz CT molecular complexity index is 1180. The maximum atomic E-state index is 2.61. The molecule has 2 aliphatic rings. The third kappa shape index (κ3) is 2.06. The van der Waals surface area contributed by atoms with Gasteiger partial charge in [0.25, 0.3) is 22.8 Å². The van der Waals surface area contributed by atoms with Gasteiger partial charge in [-0.15, -0.1) is 4.58 Å². The van der Waals surface area contributed by atoms with Gasteiger partial charge in [-0.05, 0) is 77.6 Å². The lowest BCUT2D eigenvalue weighted by Gasteiger charge is -2.18. The van der Waals surface area contributed by atoms with Gasteiger partial charge >= 0.3 is 5.79 Å². The molecule has 3 nitrogen and oxygen atoms in total. The van der Waals surface area contributed by atoms with E-state index >= 15 is 0 Å². The minimum atomic E-state index is -0.272. The SMILES string of the molecule is CC1=[N+](C)C2(C)[N+](c3c(C)c(C)c(C)c(C)c3C)=C(C)c3c(C)c(C)c(C)c1[n+]32. The molecular weight excluding hydrogens is 354 g/mol. The van der Waals surface area contributed by atoms with Gasteiger partial charge in [0, 0.05) is 36.1 Å². The molecule has 4 rings (SSSR count). The Labute approximate surface area is 176 Å². The van der Waals surface area contributed by atoms with Crippen molar-refractivity contribution in [3.8, 4) is 0 Å². The summed E-state index contributed by atoms with van der Waals surface area (Å²) in [7, 11) is 2.25. The smallest absolute Gasteiger partial charge is 0.105 e. The van der Waals surface area contributed by atoms with E-state index in [1.54, 1.807) is 0 Å². The number of pyridine rings is 1. The van der Waals surface area contributed by atoms with Gasteiger partial charge in [0.05, 0.1) is 0 Å². The summed E-state index contributed by atoms with van der Waals surface area (Å²) in [6.45, 7) is 25.2. The minimum Gasteiger partial charge on any atom is -0.105 e. The average Bonchev–Trinajstić information content (AvgIpc) is 3.02. The van der Waals surface area contributed by atoms with Crippen LogP contribution >= 0.6 is 0 Å². The van der Waals surface area contributed by atoms with E-state index in [2.05, 4.69) is 96.9 Å². The Morgan fingerprint density at radius 3 is 1.38 bits per heavy atom. The summed E-state index contributed by atoms with van der Waals surface area (Å²) in [5, 5.41) is 0. The Kier molecular flexibility index (Phi) is 4.05. The minimum absolute atomic E-state index is 0.272. The Balaban J connectivity index is 2.23. The van der Waals surface area contributed by atoms with Crippen molar-refractivity contribution in [1.82, 2.24) is 0 Å². The summed E-state index contributed by atoms with van der Waals surface area (Å²) in [5.41, 5.74) is 18.1. The van der Waals surface area contributed by atoms with Gasteiger partial charge in [-0.1, -0.05) is 9.14 Å². The van der Waals surface area contributed by atoms with Crippen molar-refractivity contribution in [3.63, 3.8) is 0 Å².